The van der Waals surface area contributed by atoms with Crippen molar-refractivity contribution in [1.82, 2.24) is 9.88 Å². The van der Waals surface area contributed by atoms with Gasteiger partial charge in [-0.15, -0.1) is 0 Å². The van der Waals surface area contributed by atoms with E-state index in [2.05, 4.69) is 4.98 Å². The summed E-state index contributed by atoms with van der Waals surface area (Å²) in [7, 11) is 0. The number of aryl methyl sites for hydroxylation is 1. The molecule has 1 N–H and O–H groups in total. The maximum Gasteiger partial charge on any atom is 0.308 e. The maximum atomic E-state index is 12.9. The summed E-state index contributed by atoms with van der Waals surface area (Å²) in [5, 5.41) is 9.27. The number of carboxylic acids is 1. The zero-order valence-electron chi connectivity index (χ0n) is 15.6. The fourth-order valence-electron chi connectivity index (χ4n) is 3.26. The van der Waals surface area contributed by atoms with Gasteiger partial charge < -0.3 is 14.7 Å². The monoisotopic (exact) mass is 368 g/mol. The molecule has 2 heterocycles. The number of carbonyl (C=O) groups excluding carboxylic acids is 1. The SMILES string of the molecule is Cc1ccc(OCc2cccc(C(=O)N3CC(C(=O)O)CCC3C)c2)cn1. The van der Waals surface area contributed by atoms with Gasteiger partial charge >= 0.3 is 5.97 Å². The van der Waals surface area contributed by atoms with E-state index in [1.807, 2.05) is 38.1 Å². The third-order valence-electron chi connectivity index (χ3n) is 4.96. The van der Waals surface area contributed by atoms with Crippen molar-refractivity contribution in [2.75, 3.05) is 6.54 Å². The molecule has 1 amide bonds. The van der Waals surface area contributed by atoms with E-state index in [1.54, 1.807) is 23.2 Å². The second kappa shape index (κ2) is 8.20. The number of carbonyl (C=O) groups is 2. The minimum atomic E-state index is -0.839. The molecule has 1 aliphatic heterocycles. The van der Waals surface area contributed by atoms with Crippen LogP contribution in [-0.4, -0.2) is 39.5 Å². The zero-order chi connectivity index (χ0) is 19.4. The summed E-state index contributed by atoms with van der Waals surface area (Å²) in [6.45, 7) is 4.47. The molecule has 2 unspecified atom stereocenters. The van der Waals surface area contributed by atoms with Crippen LogP contribution in [0.25, 0.3) is 0 Å². The van der Waals surface area contributed by atoms with Crippen LogP contribution in [0.3, 0.4) is 0 Å². The van der Waals surface area contributed by atoms with Crippen molar-refractivity contribution in [1.29, 1.82) is 0 Å². The number of aliphatic carboxylic acids is 1. The van der Waals surface area contributed by atoms with E-state index in [4.69, 9.17) is 4.74 Å². The summed E-state index contributed by atoms with van der Waals surface area (Å²) >= 11 is 0. The van der Waals surface area contributed by atoms with Crippen LogP contribution in [0.1, 0.15) is 41.4 Å². The predicted molar refractivity (Wildman–Crippen MR) is 101 cm³/mol. The first kappa shape index (κ1) is 18.9. The van der Waals surface area contributed by atoms with Crippen molar-refractivity contribution in [2.24, 2.45) is 5.92 Å². The van der Waals surface area contributed by atoms with Crippen molar-refractivity contribution in [3.8, 4) is 5.75 Å². The number of benzene rings is 1. The highest BCUT2D eigenvalue weighted by molar-refractivity contribution is 5.95. The van der Waals surface area contributed by atoms with Crippen molar-refractivity contribution >= 4 is 11.9 Å². The lowest BCUT2D eigenvalue weighted by Crippen LogP contribution is -2.47. The lowest BCUT2D eigenvalue weighted by molar-refractivity contribution is -0.143. The minimum absolute atomic E-state index is 0.0339. The molecule has 1 aromatic carbocycles. The lowest BCUT2D eigenvalue weighted by atomic mass is 9.93. The van der Waals surface area contributed by atoms with Crippen molar-refractivity contribution in [3.63, 3.8) is 0 Å². The molecule has 1 aliphatic rings. The molecule has 0 bridgehead atoms. The number of hydrogen-bond donors (Lipinski definition) is 1. The molecule has 0 radical (unpaired) electrons. The maximum absolute atomic E-state index is 12.9. The number of pyridine rings is 1. The molecule has 0 saturated carbocycles. The summed E-state index contributed by atoms with van der Waals surface area (Å²) in [6.07, 6.45) is 2.98. The van der Waals surface area contributed by atoms with Gasteiger partial charge in [0.25, 0.3) is 5.91 Å². The Balaban J connectivity index is 1.69. The molecule has 2 aromatic rings. The standard InChI is InChI=1S/C21H24N2O4/c1-14-6-9-19(11-22-14)27-13-16-4-3-5-17(10-16)20(24)23-12-18(21(25)26)8-7-15(23)2/h3-6,9-11,15,18H,7-8,12-13H2,1-2H3,(H,25,26). The number of hydrogen-bond acceptors (Lipinski definition) is 4. The smallest absolute Gasteiger partial charge is 0.308 e. The molecule has 6 heteroatoms. The van der Waals surface area contributed by atoms with E-state index >= 15 is 0 Å². The molecular formula is C21H24N2O4. The van der Waals surface area contributed by atoms with Crippen LogP contribution in [0, 0.1) is 12.8 Å². The van der Waals surface area contributed by atoms with Crippen molar-refractivity contribution < 1.29 is 19.4 Å². The number of ether oxygens (including phenoxy) is 1. The van der Waals surface area contributed by atoms with E-state index in [1.165, 1.54) is 0 Å². The largest absolute Gasteiger partial charge is 0.487 e. The molecule has 3 rings (SSSR count). The van der Waals surface area contributed by atoms with Gasteiger partial charge in [-0.2, -0.15) is 0 Å². The Morgan fingerprint density at radius 3 is 2.78 bits per heavy atom. The second-order valence-electron chi connectivity index (χ2n) is 7.04. The van der Waals surface area contributed by atoms with Gasteiger partial charge in [0.15, 0.2) is 0 Å². The Bertz CT molecular complexity index is 819. The number of aromatic nitrogens is 1. The van der Waals surface area contributed by atoms with Crippen LogP contribution in [0.4, 0.5) is 0 Å². The Morgan fingerprint density at radius 1 is 1.26 bits per heavy atom. The van der Waals surface area contributed by atoms with Gasteiger partial charge in [-0.1, -0.05) is 12.1 Å². The molecule has 1 fully saturated rings. The van der Waals surface area contributed by atoms with Gasteiger partial charge in [-0.25, -0.2) is 0 Å². The Morgan fingerprint density at radius 2 is 2.07 bits per heavy atom. The number of rotatable bonds is 5. The second-order valence-corrected chi connectivity index (χ2v) is 7.04. The molecule has 27 heavy (non-hydrogen) atoms. The zero-order valence-corrected chi connectivity index (χ0v) is 15.6. The highest BCUT2D eigenvalue weighted by Gasteiger charge is 2.32. The molecule has 0 spiro atoms. The van der Waals surface area contributed by atoms with E-state index in [-0.39, 0.29) is 18.5 Å². The Labute approximate surface area is 158 Å². The topological polar surface area (TPSA) is 79.7 Å². The van der Waals surface area contributed by atoms with E-state index < -0.39 is 11.9 Å². The summed E-state index contributed by atoms with van der Waals surface area (Å²) in [4.78, 5) is 30.1. The Hall–Kier alpha value is -2.89. The summed E-state index contributed by atoms with van der Waals surface area (Å²) in [6, 6.07) is 11.1. The molecular weight excluding hydrogens is 344 g/mol. The highest BCUT2D eigenvalue weighted by Crippen LogP contribution is 2.24. The Kier molecular flexibility index (Phi) is 5.74. The van der Waals surface area contributed by atoms with Gasteiger partial charge in [-0.3, -0.25) is 14.6 Å². The van der Waals surface area contributed by atoms with Crippen LogP contribution in [0.2, 0.25) is 0 Å². The van der Waals surface area contributed by atoms with Crippen LogP contribution in [0.15, 0.2) is 42.6 Å². The van der Waals surface area contributed by atoms with Gasteiger partial charge in [0.05, 0.1) is 12.1 Å². The predicted octanol–water partition coefficient (Wildman–Crippen LogP) is 3.29. The minimum Gasteiger partial charge on any atom is -0.487 e. The number of likely N-dealkylation sites (tertiary alicyclic amines) is 1. The average molecular weight is 368 g/mol. The number of amides is 1. The lowest BCUT2D eigenvalue weighted by Gasteiger charge is -2.36. The first-order valence-corrected chi connectivity index (χ1v) is 9.12. The van der Waals surface area contributed by atoms with E-state index in [0.29, 0.717) is 30.8 Å². The van der Waals surface area contributed by atoms with Crippen molar-refractivity contribution in [2.45, 2.75) is 39.3 Å². The summed E-state index contributed by atoms with van der Waals surface area (Å²) in [5.74, 6) is -0.794. The molecule has 1 saturated heterocycles. The number of nitrogens with zero attached hydrogens (tertiary/aromatic N) is 2. The van der Waals surface area contributed by atoms with Crippen molar-refractivity contribution in [3.05, 3.63) is 59.4 Å². The quantitative estimate of drug-likeness (QED) is 0.876. The normalized spacial score (nSPS) is 19.6. The molecule has 0 aliphatic carbocycles. The molecule has 1 aromatic heterocycles. The number of carboxylic acid groups (broad SMARTS) is 1. The average Bonchev–Trinajstić information content (AvgIpc) is 2.67. The van der Waals surface area contributed by atoms with Crippen LogP contribution in [0.5, 0.6) is 5.75 Å². The van der Waals surface area contributed by atoms with Gasteiger partial charge in [0.2, 0.25) is 0 Å². The van der Waals surface area contributed by atoms with E-state index in [9.17, 15) is 14.7 Å². The third-order valence-corrected chi connectivity index (χ3v) is 4.96. The summed E-state index contributed by atoms with van der Waals surface area (Å²) < 4.78 is 5.73. The fourth-order valence-corrected chi connectivity index (χ4v) is 3.26. The molecule has 142 valence electrons. The van der Waals surface area contributed by atoms with Gasteiger partial charge in [0, 0.05) is 23.8 Å². The molecule has 2 atom stereocenters. The summed E-state index contributed by atoms with van der Waals surface area (Å²) in [5.41, 5.74) is 2.35. The van der Waals surface area contributed by atoms with Crippen LogP contribution >= 0.6 is 0 Å². The van der Waals surface area contributed by atoms with Crippen LogP contribution in [-0.2, 0) is 11.4 Å². The van der Waals surface area contributed by atoms with Crippen LogP contribution < -0.4 is 4.74 Å². The molecule has 6 nitrogen and oxygen atoms in total. The van der Waals surface area contributed by atoms with E-state index in [0.717, 1.165) is 11.3 Å². The first-order valence-electron chi connectivity index (χ1n) is 9.12. The van der Waals surface area contributed by atoms with Gasteiger partial charge in [0.1, 0.15) is 12.4 Å². The first-order chi connectivity index (χ1) is 12.9. The fraction of sp³-hybridized carbons (Fsp3) is 0.381. The third kappa shape index (κ3) is 4.64. The number of piperidine rings is 1. The highest BCUT2D eigenvalue weighted by atomic mass is 16.5. The van der Waals surface area contributed by atoms with Gasteiger partial charge in [-0.05, 0) is 56.5 Å².